The van der Waals surface area contributed by atoms with Gasteiger partial charge in [-0.05, 0) is 48.6 Å². The summed E-state index contributed by atoms with van der Waals surface area (Å²) < 4.78 is 10.8. The second kappa shape index (κ2) is 7.68. The summed E-state index contributed by atoms with van der Waals surface area (Å²) in [5.74, 6) is -1.85. The van der Waals surface area contributed by atoms with Crippen LogP contribution in [-0.2, 0) is 9.53 Å². The Morgan fingerprint density at radius 1 is 1.00 bits per heavy atom. The average molecular weight is 377 g/mol. The van der Waals surface area contributed by atoms with Crippen LogP contribution < -0.4 is 4.74 Å². The van der Waals surface area contributed by atoms with Gasteiger partial charge < -0.3 is 14.6 Å². The Morgan fingerprint density at radius 2 is 1.46 bits per heavy atom. The molecule has 2 aliphatic rings. The lowest BCUT2D eigenvalue weighted by molar-refractivity contribution is -0.213. The van der Waals surface area contributed by atoms with Crippen molar-refractivity contribution in [2.75, 3.05) is 0 Å². The lowest BCUT2D eigenvalue weighted by atomic mass is 9.85. The molecule has 0 saturated heterocycles. The summed E-state index contributed by atoms with van der Waals surface area (Å²) >= 11 is 5.80. The first-order valence-electron chi connectivity index (χ1n) is 8.48. The quantitative estimate of drug-likeness (QED) is 0.518. The van der Waals surface area contributed by atoms with Gasteiger partial charge in [0, 0.05) is 18.9 Å². The highest BCUT2D eigenvalue weighted by Crippen LogP contribution is 2.33. The molecule has 1 aromatic rings. The zero-order valence-corrected chi connectivity index (χ0v) is 16.5. The number of carbonyl (C=O) groups excluding carboxylic acids is 1. The van der Waals surface area contributed by atoms with Crippen molar-refractivity contribution in [3.8, 4) is 5.75 Å². The summed E-state index contributed by atoms with van der Waals surface area (Å²) in [5.41, 5.74) is -0.859. The van der Waals surface area contributed by atoms with E-state index in [0.29, 0.717) is 10.8 Å². The molecule has 1 N–H and O–H groups in total. The van der Waals surface area contributed by atoms with E-state index in [2.05, 4.69) is 24.3 Å². The summed E-state index contributed by atoms with van der Waals surface area (Å²) in [6.45, 7) is 8.11. The summed E-state index contributed by atoms with van der Waals surface area (Å²) in [4.78, 5) is 11.1. The highest BCUT2D eigenvalue weighted by atomic mass is 35.5. The molecule has 140 valence electrons. The summed E-state index contributed by atoms with van der Waals surface area (Å²) in [7, 11) is 0. The smallest absolute Gasteiger partial charge is 0.303 e. The molecule has 1 aromatic carbocycles. The predicted octanol–water partition coefficient (Wildman–Crippen LogP) is 4.69. The molecule has 0 amide bonds. The van der Waals surface area contributed by atoms with E-state index in [4.69, 9.17) is 21.1 Å². The van der Waals surface area contributed by atoms with Gasteiger partial charge in [0.05, 0.1) is 5.92 Å². The molecule has 0 bridgehead atoms. The van der Waals surface area contributed by atoms with Gasteiger partial charge in [-0.25, -0.2) is 0 Å². The highest BCUT2D eigenvalue weighted by molar-refractivity contribution is 6.30. The molecule has 2 unspecified atom stereocenters. The maximum atomic E-state index is 11.1. The van der Waals surface area contributed by atoms with Crippen LogP contribution in [0.4, 0.5) is 0 Å². The van der Waals surface area contributed by atoms with Crippen molar-refractivity contribution in [3.63, 3.8) is 0 Å². The van der Waals surface area contributed by atoms with Crippen LogP contribution in [0.5, 0.6) is 5.75 Å². The van der Waals surface area contributed by atoms with Crippen LogP contribution in [0.15, 0.2) is 48.5 Å². The van der Waals surface area contributed by atoms with E-state index in [-0.39, 0.29) is 0 Å². The summed E-state index contributed by atoms with van der Waals surface area (Å²) in [6.07, 6.45) is 0. The topological polar surface area (TPSA) is 55.8 Å². The van der Waals surface area contributed by atoms with Gasteiger partial charge in [0.15, 0.2) is 0 Å². The van der Waals surface area contributed by atoms with Gasteiger partial charge in [-0.3, -0.25) is 4.79 Å². The van der Waals surface area contributed by atoms with Crippen molar-refractivity contribution in [2.45, 2.75) is 46.0 Å². The van der Waals surface area contributed by atoms with Gasteiger partial charge in [0.25, 0.3) is 0 Å². The van der Waals surface area contributed by atoms with Crippen molar-refractivity contribution in [1.82, 2.24) is 0 Å². The van der Waals surface area contributed by atoms with Gasteiger partial charge in [-0.15, -0.1) is 0 Å². The Labute approximate surface area is 159 Å². The summed E-state index contributed by atoms with van der Waals surface area (Å²) in [6, 6.07) is 15.2. The van der Waals surface area contributed by atoms with Crippen LogP contribution in [0, 0.1) is 16.4 Å². The Hall–Kier alpha value is -2.04. The molecule has 0 aromatic heterocycles. The molecule has 0 radical (unpaired) electrons. The molecule has 5 heteroatoms. The minimum atomic E-state index is -1.49. The van der Waals surface area contributed by atoms with Gasteiger partial charge in [-0.1, -0.05) is 42.8 Å². The normalized spacial score (nSPS) is 15.0. The Bertz CT molecular complexity index is 806. The number of hydrogen-bond donors (Lipinski definition) is 1. The third kappa shape index (κ3) is 4.99. The Morgan fingerprint density at radius 3 is 1.81 bits per heavy atom. The largest absolute Gasteiger partial charge is 0.462 e. The first-order valence-corrected chi connectivity index (χ1v) is 8.86. The maximum absolute atomic E-state index is 11.1. The van der Waals surface area contributed by atoms with Crippen LogP contribution >= 0.6 is 11.6 Å². The minimum Gasteiger partial charge on any atom is -0.462 e. The molecular weight excluding hydrogens is 352 g/mol. The number of halogens is 1. The Kier molecular flexibility index (Phi) is 5.99. The van der Waals surface area contributed by atoms with E-state index in [1.807, 2.05) is 0 Å². The second-order valence-corrected chi connectivity index (χ2v) is 7.54. The van der Waals surface area contributed by atoms with Crippen molar-refractivity contribution in [3.05, 3.63) is 64.0 Å². The fraction of sp³-hybridized carbons (Fsp3) is 0.381. The molecule has 0 spiro atoms. The van der Waals surface area contributed by atoms with Crippen molar-refractivity contribution >= 4 is 17.6 Å². The van der Waals surface area contributed by atoms with Crippen molar-refractivity contribution in [1.29, 1.82) is 0 Å². The maximum Gasteiger partial charge on any atom is 0.303 e. The van der Waals surface area contributed by atoms with Crippen molar-refractivity contribution in [2.24, 2.45) is 5.92 Å². The van der Waals surface area contributed by atoms with Crippen LogP contribution in [0.25, 0.3) is 0 Å². The fourth-order valence-corrected chi connectivity index (χ4v) is 2.72. The van der Waals surface area contributed by atoms with Crippen LogP contribution in [0.2, 0.25) is 5.02 Å². The predicted molar refractivity (Wildman–Crippen MR) is 102 cm³/mol. The van der Waals surface area contributed by atoms with Crippen LogP contribution in [-0.4, -0.2) is 22.5 Å². The van der Waals surface area contributed by atoms with Gasteiger partial charge in [0.1, 0.15) is 11.4 Å². The standard InChI is InChI=1S/C15H21ClO4.C6H4/c1-10(14(3,4)19-11(2)17)15(5,18)20-13-8-6-12(16)7-9-13;1-2-6-4-3-5(1)6/h6-10,18H,1-5H3;1-4H. The number of rotatable bonds is 5. The average Bonchev–Trinajstić information content (AvgIpc) is 2.51. The van der Waals surface area contributed by atoms with Crippen LogP contribution in [0.1, 0.15) is 34.6 Å². The number of benzene rings is 2. The Balaban J connectivity index is 0.000000331. The van der Waals surface area contributed by atoms with E-state index in [1.165, 1.54) is 24.3 Å². The van der Waals surface area contributed by atoms with E-state index >= 15 is 0 Å². The summed E-state index contributed by atoms with van der Waals surface area (Å²) in [5, 5.41) is 13.9. The molecule has 0 fully saturated rings. The molecule has 0 saturated carbocycles. The second-order valence-electron chi connectivity index (χ2n) is 7.11. The monoisotopic (exact) mass is 376 g/mol. The molecule has 2 aliphatic carbocycles. The molecule has 2 atom stereocenters. The molecule has 3 rings (SSSR count). The van der Waals surface area contributed by atoms with E-state index in [9.17, 15) is 9.90 Å². The zero-order valence-electron chi connectivity index (χ0n) is 15.7. The lowest BCUT2D eigenvalue weighted by Crippen LogP contribution is -2.51. The van der Waals surface area contributed by atoms with Gasteiger partial charge >= 0.3 is 5.97 Å². The molecule has 0 aliphatic heterocycles. The number of ether oxygens (including phenoxy) is 2. The number of carbonyl (C=O) groups is 1. The van der Waals surface area contributed by atoms with E-state index in [0.717, 1.165) is 0 Å². The van der Waals surface area contributed by atoms with E-state index < -0.39 is 23.3 Å². The number of aliphatic hydroxyl groups is 1. The van der Waals surface area contributed by atoms with Crippen molar-refractivity contribution < 1.29 is 19.4 Å². The van der Waals surface area contributed by atoms with Gasteiger partial charge in [-0.2, -0.15) is 0 Å². The molecule has 26 heavy (non-hydrogen) atoms. The minimum absolute atomic E-state index is 0.399. The van der Waals surface area contributed by atoms with E-state index in [1.54, 1.807) is 45.0 Å². The number of hydrogen-bond acceptors (Lipinski definition) is 4. The lowest BCUT2D eigenvalue weighted by Gasteiger charge is -2.40. The van der Waals surface area contributed by atoms with Crippen LogP contribution in [0.3, 0.4) is 0 Å². The number of esters is 1. The fourth-order valence-electron chi connectivity index (χ4n) is 2.60. The molecular formula is C21H25ClO4. The highest BCUT2D eigenvalue weighted by Gasteiger charge is 2.43. The third-order valence-electron chi connectivity index (χ3n) is 4.61. The van der Waals surface area contributed by atoms with Gasteiger partial charge in [0.2, 0.25) is 5.79 Å². The first-order chi connectivity index (χ1) is 12.0. The third-order valence-corrected chi connectivity index (χ3v) is 4.86. The SMILES string of the molecule is CC(=O)OC(C)(C)C(C)C(C)(O)Oc1ccc(Cl)cc1.c1cc2ccc1=2. The molecule has 0 heterocycles. The first kappa shape index (κ1) is 20.3. The zero-order chi connectivity index (χ0) is 19.5. The molecule has 4 nitrogen and oxygen atoms in total.